The molecule has 0 spiro atoms. The Morgan fingerprint density at radius 2 is 2.06 bits per heavy atom. The first-order valence-electron chi connectivity index (χ1n) is 6.65. The molecule has 96 valence electrons. The lowest BCUT2D eigenvalue weighted by molar-refractivity contribution is 0.299. The fraction of sp³-hybridized carbons (Fsp3) is 0.533. The van der Waals surface area contributed by atoms with Crippen LogP contribution in [-0.4, -0.2) is 12.1 Å². The van der Waals surface area contributed by atoms with Gasteiger partial charge in [0, 0.05) is 11.6 Å². The van der Waals surface area contributed by atoms with Gasteiger partial charge in [-0.1, -0.05) is 43.0 Å². The van der Waals surface area contributed by atoms with Crippen LogP contribution in [0.5, 0.6) is 0 Å². The Labute approximate surface area is 114 Å². The molecule has 0 amide bonds. The van der Waals surface area contributed by atoms with Crippen LogP contribution >= 0.6 is 11.6 Å². The lowest BCUT2D eigenvalue weighted by Gasteiger charge is -2.31. The highest BCUT2D eigenvalue weighted by Crippen LogP contribution is 2.27. The van der Waals surface area contributed by atoms with Crippen molar-refractivity contribution in [3.8, 4) is 6.07 Å². The normalized spacial score (nSPS) is 18.2. The number of benzene rings is 1. The molecule has 1 fully saturated rings. The number of hydrogen-bond donors (Lipinski definition) is 1. The molecule has 1 saturated carbocycles. The number of nitriles is 1. The third-order valence-electron chi connectivity index (χ3n) is 3.69. The molecule has 0 aliphatic heterocycles. The van der Waals surface area contributed by atoms with E-state index in [9.17, 15) is 5.26 Å². The minimum atomic E-state index is -0.281. The van der Waals surface area contributed by atoms with Crippen molar-refractivity contribution < 1.29 is 0 Å². The van der Waals surface area contributed by atoms with Gasteiger partial charge < -0.3 is 0 Å². The number of nitrogens with zero attached hydrogens (tertiary/aromatic N) is 1. The smallest absolute Gasteiger partial charge is 0.106 e. The molecule has 1 aromatic rings. The van der Waals surface area contributed by atoms with E-state index >= 15 is 0 Å². The molecule has 0 aromatic heterocycles. The van der Waals surface area contributed by atoms with Crippen molar-refractivity contribution >= 4 is 11.6 Å². The number of rotatable bonds is 4. The van der Waals surface area contributed by atoms with Crippen molar-refractivity contribution in [2.45, 2.75) is 44.1 Å². The van der Waals surface area contributed by atoms with E-state index in [4.69, 9.17) is 11.6 Å². The zero-order chi connectivity index (χ0) is 12.8. The van der Waals surface area contributed by atoms with Gasteiger partial charge in [-0.2, -0.15) is 5.26 Å². The maximum absolute atomic E-state index is 9.35. The molecule has 2 rings (SSSR count). The second-order valence-corrected chi connectivity index (χ2v) is 5.50. The van der Waals surface area contributed by atoms with Crippen LogP contribution in [0, 0.1) is 11.3 Å². The van der Waals surface area contributed by atoms with Gasteiger partial charge in [0.2, 0.25) is 0 Å². The minimum absolute atomic E-state index is 0.281. The quantitative estimate of drug-likeness (QED) is 0.898. The summed E-state index contributed by atoms with van der Waals surface area (Å²) in [5.74, 6) is 0. The van der Waals surface area contributed by atoms with Crippen molar-refractivity contribution in [2.75, 3.05) is 6.54 Å². The average molecular weight is 263 g/mol. The summed E-state index contributed by atoms with van der Waals surface area (Å²) in [7, 11) is 0. The predicted molar refractivity (Wildman–Crippen MR) is 74.6 cm³/mol. The van der Waals surface area contributed by atoms with E-state index in [1.807, 2.05) is 18.2 Å². The highest BCUT2D eigenvalue weighted by Gasteiger charge is 2.30. The van der Waals surface area contributed by atoms with Crippen molar-refractivity contribution in [2.24, 2.45) is 0 Å². The molecule has 0 heterocycles. The van der Waals surface area contributed by atoms with Gasteiger partial charge in [-0.05, 0) is 37.0 Å². The van der Waals surface area contributed by atoms with Crippen molar-refractivity contribution in [1.82, 2.24) is 5.32 Å². The zero-order valence-electron chi connectivity index (χ0n) is 10.6. The second-order valence-electron chi connectivity index (χ2n) is 5.06. The summed E-state index contributed by atoms with van der Waals surface area (Å²) >= 11 is 5.95. The molecule has 2 nitrogen and oxygen atoms in total. The molecule has 0 atom stereocenters. The SMILES string of the molecule is N#CC1(NCCc2cccc(Cl)c2)CCCCC1. The van der Waals surface area contributed by atoms with Gasteiger partial charge in [-0.3, -0.25) is 5.32 Å². The Morgan fingerprint density at radius 1 is 1.28 bits per heavy atom. The number of halogens is 1. The first kappa shape index (κ1) is 13.4. The number of hydrogen-bond acceptors (Lipinski definition) is 2. The summed E-state index contributed by atoms with van der Waals surface area (Å²) < 4.78 is 0. The predicted octanol–water partition coefficient (Wildman–Crippen LogP) is 3.70. The molecule has 0 bridgehead atoms. The van der Waals surface area contributed by atoms with Gasteiger partial charge in [0.25, 0.3) is 0 Å². The van der Waals surface area contributed by atoms with Crippen LogP contribution in [-0.2, 0) is 6.42 Å². The Morgan fingerprint density at radius 3 is 2.72 bits per heavy atom. The highest BCUT2D eigenvalue weighted by molar-refractivity contribution is 6.30. The standard InChI is InChI=1S/C15H19ClN2/c16-14-6-4-5-13(11-14)7-10-18-15(12-17)8-2-1-3-9-15/h4-6,11,18H,1-3,7-10H2. The van der Waals surface area contributed by atoms with Crippen LogP contribution in [0.2, 0.25) is 5.02 Å². The third-order valence-corrected chi connectivity index (χ3v) is 3.92. The summed E-state index contributed by atoms with van der Waals surface area (Å²) in [6.45, 7) is 0.841. The maximum atomic E-state index is 9.35. The molecule has 0 unspecified atom stereocenters. The maximum Gasteiger partial charge on any atom is 0.106 e. The lowest BCUT2D eigenvalue weighted by atomic mass is 9.83. The van der Waals surface area contributed by atoms with Gasteiger partial charge in [-0.15, -0.1) is 0 Å². The lowest BCUT2D eigenvalue weighted by Crippen LogP contribution is -2.46. The Kier molecular flexibility index (Phi) is 4.63. The number of nitrogens with one attached hydrogen (secondary N) is 1. The fourth-order valence-electron chi connectivity index (χ4n) is 2.62. The van der Waals surface area contributed by atoms with E-state index < -0.39 is 0 Å². The molecule has 1 aliphatic rings. The van der Waals surface area contributed by atoms with Crippen LogP contribution < -0.4 is 5.32 Å². The minimum Gasteiger partial charge on any atom is -0.299 e. The molecule has 0 saturated heterocycles. The van der Waals surface area contributed by atoms with Gasteiger partial charge in [-0.25, -0.2) is 0 Å². The van der Waals surface area contributed by atoms with Crippen LogP contribution in [0.15, 0.2) is 24.3 Å². The van der Waals surface area contributed by atoms with Gasteiger partial charge in [0.15, 0.2) is 0 Å². The van der Waals surface area contributed by atoms with Crippen molar-refractivity contribution in [3.05, 3.63) is 34.9 Å². The molecular weight excluding hydrogens is 244 g/mol. The van der Waals surface area contributed by atoms with E-state index in [0.29, 0.717) is 0 Å². The zero-order valence-corrected chi connectivity index (χ0v) is 11.3. The Hall–Kier alpha value is -1.04. The fourth-order valence-corrected chi connectivity index (χ4v) is 2.83. The summed E-state index contributed by atoms with van der Waals surface area (Å²) in [6.07, 6.45) is 6.48. The topological polar surface area (TPSA) is 35.8 Å². The monoisotopic (exact) mass is 262 g/mol. The first-order chi connectivity index (χ1) is 8.74. The van der Waals surface area contributed by atoms with Gasteiger partial charge in [0.05, 0.1) is 6.07 Å². The van der Waals surface area contributed by atoms with Gasteiger partial charge in [0.1, 0.15) is 5.54 Å². The molecule has 18 heavy (non-hydrogen) atoms. The Balaban J connectivity index is 1.86. The molecule has 3 heteroatoms. The average Bonchev–Trinajstić information content (AvgIpc) is 2.40. The van der Waals surface area contributed by atoms with Crippen LogP contribution in [0.1, 0.15) is 37.7 Å². The van der Waals surface area contributed by atoms with E-state index in [1.165, 1.54) is 12.0 Å². The van der Waals surface area contributed by atoms with Crippen LogP contribution in [0.25, 0.3) is 0 Å². The van der Waals surface area contributed by atoms with E-state index in [2.05, 4.69) is 17.5 Å². The summed E-state index contributed by atoms with van der Waals surface area (Å²) in [5, 5.41) is 13.6. The third kappa shape index (κ3) is 3.48. The molecular formula is C15H19ClN2. The summed E-state index contributed by atoms with van der Waals surface area (Å²) in [4.78, 5) is 0. The second kappa shape index (κ2) is 6.22. The Bertz CT molecular complexity index is 430. The van der Waals surface area contributed by atoms with Crippen molar-refractivity contribution in [3.63, 3.8) is 0 Å². The van der Waals surface area contributed by atoms with E-state index in [-0.39, 0.29) is 5.54 Å². The molecule has 1 N–H and O–H groups in total. The molecule has 0 radical (unpaired) electrons. The molecule has 1 aromatic carbocycles. The highest BCUT2D eigenvalue weighted by atomic mass is 35.5. The van der Waals surface area contributed by atoms with E-state index in [1.54, 1.807) is 0 Å². The van der Waals surface area contributed by atoms with Crippen molar-refractivity contribution in [1.29, 1.82) is 5.26 Å². The first-order valence-corrected chi connectivity index (χ1v) is 7.03. The van der Waals surface area contributed by atoms with Crippen LogP contribution in [0.3, 0.4) is 0 Å². The largest absolute Gasteiger partial charge is 0.299 e. The molecule has 1 aliphatic carbocycles. The summed E-state index contributed by atoms with van der Waals surface area (Å²) in [6, 6.07) is 10.4. The summed E-state index contributed by atoms with van der Waals surface area (Å²) in [5.41, 5.74) is 0.940. The van der Waals surface area contributed by atoms with Gasteiger partial charge >= 0.3 is 0 Å². The van der Waals surface area contributed by atoms with Crippen LogP contribution in [0.4, 0.5) is 0 Å². The van der Waals surface area contributed by atoms with E-state index in [0.717, 1.165) is 43.7 Å².